The third kappa shape index (κ3) is 5.59. The summed E-state index contributed by atoms with van der Waals surface area (Å²) in [5.41, 5.74) is 2.20. The maximum Gasteiger partial charge on any atom is 0.323 e. The molecular weight excluding hydrogens is 454 g/mol. The van der Waals surface area contributed by atoms with Crippen LogP contribution in [0.25, 0.3) is 11.4 Å². The molecule has 2 heterocycles. The van der Waals surface area contributed by atoms with Gasteiger partial charge in [-0.1, -0.05) is 30.3 Å². The smallest absolute Gasteiger partial charge is 0.323 e. The number of hydrogen-bond donors (Lipinski definition) is 2. The molecule has 1 atom stereocenters. The van der Waals surface area contributed by atoms with Crippen LogP contribution in [0.4, 0.5) is 22.0 Å². The van der Waals surface area contributed by atoms with Crippen molar-refractivity contribution in [2.45, 2.75) is 19.9 Å². The van der Waals surface area contributed by atoms with Crippen molar-refractivity contribution in [2.75, 3.05) is 35.3 Å². The van der Waals surface area contributed by atoms with Crippen LogP contribution >= 0.6 is 0 Å². The lowest BCUT2D eigenvalue weighted by molar-refractivity contribution is 0.0985. The summed E-state index contributed by atoms with van der Waals surface area (Å²) in [5, 5.41) is 5.58. The van der Waals surface area contributed by atoms with Crippen LogP contribution in [-0.2, 0) is 15.0 Å². The van der Waals surface area contributed by atoms with Crippen molar-refractivity contribution in [3.8, 4) is 11.4 Å². The summed E-state index contributed by atoms with van der Waals surface area (Å²) in [6, 6.07) is 17.6. The zero-order chi connectivity index (χ0) is 24.1. The van der Waals surface area contributed by atoms with E-state index in [1.165, 1.54) is 6.92 Å². The van der Waals surface area contributed by atoms with E-state index in [1.807, 2.05) is 31.2 Å². The number of anilines is 3. The van der Waals surface area contributed by atoms with E-state index in [0.717, 1.165) is 0 Å². The Bertz CT molecular complexity index is 1320. The minimum absolute atomic E-state index is 0.0806. The van der Waals surface area contributed by atoms with Gasteiger partial charge in [0, 0.05) is 29.5 Å². The second-order valence-electron chi connectivity index (χ2n) is 7.87. The van der Waals surface area contributed by atoms with E-state index in [-0.39, 0.29) is 16.9 Å². The molecule has 1 saturated heterocycles. The van der Waals surface area contributed by atoms with Crippen molar-refractivity contribution >= 4 is 38.4 Å². The highest BCUT2D eigenvalue weighted by Crippen LogP contribution is 2.25. The predicted molar refractivity (Wildman–Crippen MR) is 133 cm³/mol. The van der Waals surface area contributed by atoms with Crippen LogP contribution in [0.5, 0.6) is 0 Å². The van der Waals surface area contributed by atoms with Crippen LogP contribution in [0.1, 0.15) is 19.5 Å². The van der Waals surface area contributed by atoms with Crippen molar-refractivity contribution in [2.24, 2.45) is 0 Å². The summed E-state index contributed by atoms with van der Waals surface area (Å²) < 4.78 is 28.8. The Labute approximate surface area is 199 Å². The molecule has 3 aromatic rings. The van der Waals surface area contributed by atoms with Crippen LogP contribution in [0.2, 0.25) is 0 Å². The molecule has 1 aromatic heterocycles. The fourth-order valence-corrected chi connectivity index (χ4v) is 3.87. The van der Waals surface area contributed by atoms with Gasteiger partial charge in [-0.25, -0.2) is 14.8 Å². The van der Waals surface area contributed by atoms with E-state index in [0.29, 0.717) is 54.0 Å². The standard InChI is InChI=1S/C24H25N5O4S/c1-16-15-33-12-11-29(16)22-14-21(17(2)34(31)32)27-23(28-22)18-7-6-10-20(13-18)26-24(30)25-19-8-4-3-5-9-19/h3-10,13-14,16H,11-12,15H2,1-2H3,(H2,25,26,30)/t16-/m0/s1. The fourth-order valence-electron chi connectivity index (χ4n) is 3.59. The van der Waals surface area contributed by atoms with Gasteiger partial charge in [-0.2, -0.15) is 8.42 Å². The van der Waals surface area contributed by atoms with Gasteiger partial charge in [-0.05, 0) is 38.1 Å². The summed E-state index contributed by atoms with van der Waals surface area (Å²) in [6.45, 7) is 5.29. The maximum atomic E-state index is 12.4. The Morgan fingerprint density at radius 3 is 2.50 bits per heavy atom. The SMILES string of the molecule is CC(c1cc(N2CCOC[C@@H]2C)nc(-c2cccc(NC(=O)Nc3ccccc3)c2)n1)=S(=O)=O. The summed E-state index contributed by atoms with van der Waals surface area (Å²) >= 11 is 0. The predicted octanol–water partition coefficient (Wildman–Crippen LogP) is 3.43. The van der Waals surface area contributed by atoms with Gasteiger partial charge in [0.1, 0.15) is 5.82 Å². The number of para-hydroxylation sites is 1. The van der Waals surface area contributed by atoms with Gasteiger partial charge < -0.3 is 20.3 Å². The molecule has 2 amide bonds. The van der Waals surface area contributed by atoms with E-state index in [4.69, 9.17) is 9.72 Å². The van der Waals surface area contributed by atoms with Crippen molar-refractivity contribution < 1.29 is 17.9 Å². The molecule has 9 nitrogen and oxygen atoms in total. The summed E-state index contributed by atoms with van der Waals surface area (Å²) in [6.07, 6.45) is 0. The van der Waals surface area contributed by atoms with Crippen LogP contribution in [0, 0.1) is 0 Å². The molecule has 0 saturated carbocycles. The lowest BCUT2D eigenvalue weighted by Gasteiger charge is -2.34. The number of carbonyl (C=O) groups excluding carboxylic acids is 1. The molecule has 176 valence electrons. The Hall–Kier alpha value is -3.76. The summed E-state index contributed by atoms with van der Waals surface area (Å²) in [5.74, 6) is 0.990. The first-order valence-corrected chi connectivity index (χ1v) is 11.9. The molecule has 0 bridgehead atoms. The Morgan fingerprint density at radius 1 is 1.03 bits per heavy atom. The molecule has 0 unspecified atom stereocenters. The van der Waals surface area contributed by atoms with Gasteiger partial charge in [0.15, 0.2) is 5.82 Å². The highest BCUT2D eigenvalue weighted by molar-refractivity contribution is 7.73. The Balaban J connectivity index is 1.66. The number of hydrogen-bond acceptors (Lipinski definition) is 7. The number of rotatable bonds is 5. The second-order valence-corrected chi connectivity index (χ2v) is 8.95. The highest BCUT2D eigenvalue weighted by atomic mass is 32.2. The lowest BCUT2D eigenvalue weighted by Crippen LogP contribution is -2.44. The van der Waals surface area contributed by atoms with Crippen LogP contribution in [-0.4, -0.2) is 55.1 Å². The first-order chi connectivity index (χ1) is 16.4. The quantitative estimate of drug-likeness (QED) is 0.426. The Kier molecular flexibility index (Phi) is 7.19. The molecule has 34 heavy (non-hydrogen) atoms. The fraction of sp³-hybridized carbons (Fsp3) is 0.250. The Morgan fingerprint density at radius 2 is 1.76 bits per heavy atom. The number of benzene rings is 2. The first-order valence-electron chi connectivity index (χ1n) is 10.8. The lowest BCUT2D eigenvalue weighted by atomic mass is 10.1. The number of urea groups is 1. The third-order valence-electron chi connectivity index (χ3n) is 5.40. The van der Waals surface area contributed by atoms with Crippen molar-refractivity contribution in [3.63, 3.8) is 0 Å². The van der Waals surface area contributed by atoms with Gasteiger partial charge in [0.2, 0.25) is 10.3 Å². The minimum atomic E-state index is -2.41. The minimum Gasteiger partial charge on any atom is -0.377 e. The maximum absolute atomic E-state index is 12.4. The molecule has 1 aliphatic heterocycles. The van der Waals surface area contributed by atoms with E-state index >= 15 is 0 Å². The van der Waals surface area contributed by atoms with E-state index in [9.17, 15) is 13.2 Å². The van der Waals surface area contributed by atoms with Gasteiger partial charge >= 0.3 is 6.03 Å². The number of nitrogens with one attached hydrogen (secondary N) is 2. The zero-order valence-electron chi connectivity index (χ0n) is 18.9. The number of amides is 2. The largest absolute Gasteiger partial charge is 0.377 e. The monoisotopic (exact) mass is 479 g/mol. The van der Waals surface area contributed by atoms with Crippen molar-refractivity contribution in [1.82, 2.24) is 9.97 Å². The summed E-state index contributed by atoms with van der Waals surface area (Å²) in [7, 11) is -2.41. The van der Waals surface area contributed by atoms with Crippen LogP contribution < -0.4 is 15.5 Å². The highest BCUT2D eigenvalue weighted by Gasteiger charge is 2.22. The van der Waals surface area contributed by atoms with Gasteiger partial charge in [-0.3, -0.25) is 0 Å². The first kappa shape index (κ1) is 23.4. The number of carbonyl (C=O) groups is 1. The summed E-state index contributed by atoms with van der Waals surface area (Å²) in [4.78, 5) is 23.8. The van der Waals surface area contributed by atoms with Crippen LogP contribution in [0.15, 0.2) is 60.7 Å². The molecule has 4 rings (SSSR count). The average Bonchev–Trinajstić information content (AvgIpc) is 2.84. The third-order valence-corrected chi connectivity index (χ3v) is 6.10. The molecule has 1 aliphatic rings. The molecule has 1 fully saturated rings. The van der Waals surface area contributed by atoms with E-state index in [1.54, 1.807) is 36.4 Å². The van der Waals surface area contributed by atoms with E-state index in [2.05, 4.69) is 20.5 Å². The average molecular weight is 480 g/mol. The number of nitrogens with zero attached hydrogens (tertiary/aromatic N) is 3. The molecule has 0 spiro atoms. The molecular formula is C24H25N5O4S. The normalized spacial score (nSPS) is 15.5. The molecule has 2 N–H and O–H groups in total. The number of aromatic nitrogens is 2. The van der Waals surface area contributed by atoms with Crippen LogP contribution in [0.3, 0.4) is 0 Å². The van der Waals surface area contributed by atoms with Gasteiger partial charge in [0.05, 0.1) is 29.8 Å². The van der Waals surface area contributed by atoms with Crippen molar-refractivity contribution in [3.05, 3.63) is 66.4 Å². The molecule has 10 heteroatoms. The van der Waals surface area contributed by atoms with Crippen molar-refractivity contribution in [1.29, 1.82) is 0 Å². The zero-order valence-corrected chi connectivity index (χ0v) is 19.7. The van der Waals surface area contributed by atoms with Gasteiger partial charge in [-0.15, -0.1) is 0 Å². The topological polar surface area (TPSA) is 114 Å². The number of ether oxygens (including phenoxy) is 1. The van der Waals surface area contributed by atoms with E-state index < -0.39 is 10.3 Å². The molecule has 2 aromatic carbocycles. The molecule has 0 radical (unpaired) electrons. The number of morpholine rings is 1. The second kappa shape index (κ2) is 10.4. The van der Waals surface area contributed by atoms with Gasteiger partial charge in [0.25, 0.3) is 0 Å². The molecule has 0 aliphatic carbocycles.